The van der Waals surface area contributed by atoms with E-state index in [1.54, 1.807) is 0 Å². The molecule has 98 valence electrons. The summed E-state index contributed by atoms with van der Waals surface area (Å²) in [5.41, 5.74) is 5.24. The van der Waals surface area contributed by atoms with E-state index in [1.165, 1.54) is 17.3 Å². The molecule has 0 aliphatic heterocycles. The van der Waals surface area contributed by atoms with Crippen LogP contribution in [-0.4, -0.2) is 18.5 Å². The molecule has 1 aromatic carbocycles. The smallest absolute Gasteiger partial charge is 0.106 e. The maximum absolute atomic E-state index is 4.44. The maximum Gasteiger partial charge on any atom is 0.106 e. The fourth-order valence-electron chi connectivity index (χ4n) is 1.98. The largest absolute Gasteiger partial charge is 0.381 e. The quantitative estimate of drug-likeness (QED) is 0.794. The van der Waals surface area contributed by atoms with Crippen LogP contribution in [0.25, 0.3) is 11.0 Å². The van der Waals surface area contributed by atoms with Crippen molar-refractivity contribution in [3.8, 4) is 0 Å². The van der Waals surface area contributed by atoms with Gasteiger partial charge in [-0.15, -0.1) is 0 Å². The minimum atomic E-state index is 0.773. The number of rotatable bonds is 4. The first-order chi connectivity index (χ1) is 9.26. The number of hydrogen-bond acceptors (Lipinski definition) is 5. The van der Waals surface area contributed by atoms with Crippen LogP contribution in [0.1, 0.15) is 18.2 Å². The zero-order valence-electron chi connectivity index (χ0n) is 10.9. The summed E-state index contributed by atoms with van der Waals surface area (Å²) in [6.45, 7) is 5.80. The zero-order chi connectivity index (χ0) is 13.2. The molecule has 6 heteroatoms. The van der Waals surface area contributed by atoms with Crippen molar-refractivity contribution in [3.63, 3.8) is 0 Å². The SMILES string of the molecule is CCn1cc(CNc2ccc3nsnc3c2)c(C)n1. The molecule has 2 heterocycles. The van der Waals surface area contributed by atoms with Crippen molar-refractivity contribution >= 4 is 28.4 Å². The highest BCUT2D eigenvalue weighted by molar-refractivity contribution is 7.00. The Bertz CT molecular complexity index is 700. The molecule has 0 bridgehead atoms. The molecule has 0 saturated heterocycles. The molecule has 0 spiro atoms. The molecule has 3 aromatic rings. The first-order valence-corrected chi connectivity index (χ1v) is 6.98. The van der Waals surface area contributed by atoms with E-state index in [0.29, 0.717) is 0 Å². The van der Waals surface area contributed by atoms with Crippen LogP contribution >= 0.6 is 11.7 Å². The van der Waals surface area contributed by atoms with Crippen molar-refractivity contribution in [1.82, 2.24) is 18.5 Å². The van der Waals surface area contributed by atoms with Gasteiger partial charge in [-0.3, -0.25) is 4.68 Å². The van der Waals surface area contributed by atoms with Crippen LogP contribution in [0.2, 0.25) is 0 Å². The van der Waals surface area contributed by atoms with Gasteiger partial charge in [-0.05, 0) is 32.0 Å². The molecule has 5 nitrogen and oxygen atoms in total. The van der Waals surface area contributed by atoms with Gasteiger partial charge in [-0.2, -0.15) is 13.8 Å². The summed E-state index contributed by atoms with van der Waals surface area (Å²) < 4.78 is 10.4. The average molecular weight is 273 g/mol. The number of aryl methyl sites for hydroxylation is 2. The van der Waals surface area contributed by atoms with E-state index in [-0.39, 0.29) is 0 Å². The molecule has 2 aromatic heterocycles. The molecule has 0 aliphatic rings. The number of hydrogen-bond donors (Lipinski definition) is 1. The minimum absolute atomic E-state index is 0.773. The Balaban J connectivity index is 1.75. The van der Waals surface area contributed by atoms with Gasteiger partial charge >= 0.3 is 0 Å². The summed E-state index contributed by atoms with van der Waals surface area (Å²) in [4.78, 5) is 0. The monoisotopic (exact) mass is 273 g/mol. The van der Waals surface area contributed by atoms with E-state index in [0.717, 1.165) is 35.5 Å². The third kappa shape index (κ3) is 2.44. The van der Waals surface area contributed by atoms with Gasteiger partial charge in [0.25, 0.3) is 0 Å². The van der Waals surface area contributed by atoms with E-state index in [1.807, 2.05) is 29.8 Å². The minimum Gasteiger partial charge on any atom is -0.381 e. The van der Waals surface area contributed by atoms with E-state index in [9.17, 15) is 0 Å². The summed E-state index contributed by atoms with van der Waals surface area (Å²) in [5, 5.41) is 7.84. The Morgan fingerprint density at radius 3 is 2.89 bits per heavy atom. The van der Waals surface area contributed by atoms with E-state index in [2.05, 4.69) is 32.3 Å². The van der Waals surface area contributed by atoms with Crippen molar-refractivity contribution in [2.45, 2.75) is 26.9 Å². The Kier molecular flexibility index (Phi) is 3.16. The van der Waals surface area contributed by atoms with Crippen LogP contribution in [0, 0.1) is 6.92 Å². The Morgan fingerprint density at radius 1 is 1.26 bits per heavy atom. The summed E-state index contributed by atoms with van der Waals surface area (Å²) >= 11 is 1.24. The first-order valence-electron chi connectivity index (χ1n) is 6.25. The fraction of sp³-hybridized carbons (Fsp3) is 0.308. The predicted molar refractivity (Wildman–Crippen MR) is 77.4 cm³/mol. The van der Waals surface area contributed by atoms with Gasteiger partial charge in [0.15, 0.2) is 0 Å². The second kappa shape index (κ2) is 4.97. The maximum atomic E-state index is 4.44. The van der Waals surface area contributed by atoms with E-state index < -0.39 is 0 Å². The van der Waals surface area contributed by atoms with Crippen LogP contribution in [-0.2, 0) is 13.1 Å². The van der Waals surface area contributed by atoms with Gasteiger partial charge in [0.2, 0.25) is 0 Å². The van der Waals surface area contributed by atoms with Crippen molar-refractivity contribution in [1.29, 1.82) is 0 Å². The molecular formula is C13H15N5S. The highest BCUT2D eigenvalue weighted by atomic mass is 32.1. The molecule has 0 aliphatic carbocycles. The highest BCUT2D eigenvalue weighted by Gasteiger charge is 2.05. The Hall–Kier alpha value is -1.95. The molecule has 0 radical (unpaired) electrons. The molecule has 3 rings (SSSR count). The zero-order valence-corrected chi connectivity index (χ0v) is 11.7. The predicted octanol–water partition coefficient (Wildman–Crippen LogP) is 2.83. The second-order valence-electron chi connectivity index (χ2n) is 4.42. The van der Waals surface area contributed by atoms with Crippen molar-refractivity contribution in [3.05, 3.63) is 35.7 Å². The summed E-state index contributed by atoms with van der Waals surface area (Å²) in [6.07, 6.45) is 2.09. The number of nitrogens with one attached hydrogen (secondary N) is 1. The third-order valence-electron chi connectivity index (χ3n) is 3.11. The van der Waals surface area contributed by atoms with Gasteiger partial charge in [0.05, 0.1) is 17.4 Å². The topological polar surface area (TPSA) is 55.6 Å². The Labute approximate surface area is 115 Å². The van der Waals surface area contributed by atoms with Crippen LogP contribution in [0.5, 0.6) is 0 Å². The highest BCUT2D eigenvalue weighted by Crippen LogP contribution is 2.18. The number of anilines is 1. The van der Waals surface area contributed by atoms with Crippen molar-refractivity contribution < 1.29 is 0 Å². The second-order valence-corrected chi connectivity index (χ2v) is 4.95. The first kappa shape index (κ1) is 12.1. The average Bonchev–Trinajstić information content (AvgIpc) is 3.02. The van der Waals surface area contributed by atoms with E-state index >= 15 is 0 Å². The van der Waals surface area contributed by atoms with E-state index in [4.69, 9.17) is 0 Å². The lowest BCUT2D eigenvalue weighted by molar-refractivity contribution is 0.653. The lowest BCUT2D eigenvalue weighted by Crippen LogP contribution is -1.99. The van der Waals surface area contributed by atoms with Crippen LogP contribution in [0.15, 0.2) is 24.4 Å². The third-order valence-corrected chi connectivity index (χ3v) is 3.67. The summed E-state index contributed by atoms with van der Waals surface area (Å²) in [7, 11) is 0. The molecule has 19 heavy (non-hydrogen) atoms. The molecule has 0 saturated carbocycles. The molecule has 0 fully saturated rings. The lowest BCUT2D eigenvalue weighted by atomic mass is 10.2. The van der Waals surface area contributed by atoms with Crippen molar-refractivity contribution in [2.75, 3.05) is 5.32 Å². The molecule has 1 N–H and O–H groups in total. The van der Waals surface area contributed by atoms with Crippen LogP contribution in [0.3, 0.4) is 0 Å². The van der Waals surface area contributed by atoms with Gasteiger partial charge < -0.3 is 5.32 Å². The summed E-state index contributed by atoms with van der Waals surface area (Å²) in [5.74, 6) is 0. The molecule has 0 amide bonds. The summed E-state index contributed by atoms with van der Waals surface area (Å²) in [6, 6.07) is 6.05. The van der Waals surface area contributed by atoms with Crippen molar-refractivity contribution in [2.24, 2.45) is 0 Å². The molecule has 0 unspecified atom stereocenters. The Morgan fingerprint density at radius 2 is 2.11 bits per heavy atom. The van der Waals surface area contributed by atoms with Gasteiger partial charge in [-0.25, -0.2) is 0 Å². The standard InChI is InChI=1S/C13H15N5S/c1-3-18-8-10(9(2)15-18)7-14-11-4-5-12-13(6-11)17-19-16-12/h4-6,8,14H,3,7H2,1-2H3. The molecular weight excluding hydrogens is 258 g/mol. The number of nitrogens with zero attached hydrogens (tertiary/aromatic N) is 4. The number of aromatic nitrogens is 4. The number of fused-ring (bicyclic) bond motifs is 1. The number of benzene rings is 1. The van der Waals surface area contributed by atoms with Gasteiger partial charge in [0, 0.05) is 30.5 Å². The molecule has 0 atom stereocenters. The van der Waals surface area contributed by atoms with Gasteiger partial charge in [-0.1, -0.05) is 0 Å². The lowest BCUT2D eigenvalue weighted by Gasteiger charge is -2.04. The van der Waals surface area contributed by atoms with Crippen LogP contribution < -0.4 is 5.32 Å². The van der Waals surface area contributed by atoms with Crippen LogP contribution in [0.4, 0.5) is 5.69 Å². The normalized spacial score (nSPS) is 11.1. The fourth-order valence-corrected chi connectivity index (χ4v) is 2.50. The van der Waals surface area contributed by atoms with Gasteiger partial charge in [0.1, 0.15) is 11.0 Å².